The number of unbranched alkanes of at least 4 members (excludes halogenated alkanes) is 9. The molecule has 0 bridgehead atoms. The number of hydrogen-bond donors (Lipinski definition) is 0. The Morgan fingerprint density at radius 2 is 1.25 bits per heavy atom. The van der Waals surface area contributed by atoms with Crippen LogP contribution >= 0.6 is 0 Å². The van der Waals surface area contributed by atoms with Gasteiger partial charge in [0, 0.05) is 0 Å². The average Bonchev–Trinajstić information content (AvgIpc) is 2.39. The Balaban J connectivity index is 0. The van der Waals surface area contributed by atoms with Crippen molar-refractivity contribution in [2.45, 2.75) is 84.1 Å². The first-order valence-electron chi connectivity index (χ1n) is 8.49. The van der Waals surface area contributed by atoms with E-state index >= 15 is 0 Å². The fourth-order valence-corrected chi connectivity index (χ4v) is 2.50. The molecule has 0 N–H and O–H groups in total. The highest BCUT2D eigenvalue weighted by Crippen LogP contribution is 2.13. The second kappa shape index (κ2) is 13.9. The third-order valence-corrected chi connectivity index (χ3v) is 4.53. The van der Waals surface area contributed by atoms with E-state index in [0.29, 0.717) is 6.04 Å². The lowest BCUT2D eigenvalue weighted by Crippen LogP contribution is -3.00. The fourth-order valence-electron chi connectivity index (χ4n) is 2.50. The normalized spacial score (nSPS) is 12.8. The summed E-state index contributed by atoms with van der Waals surface area (Å²) in [6.45, 7) is 9.74. The molecule has 0 rings (SSSR count). The lowest BCUT2D eigenvalue weighted by molar-refractivity contribution is -0.906. The first-order chi connectivity index (χ1) is 9.04. The molecule has 0 amide bonds. The molecule has 0 aliphatic heterocycles. The summed E-state index contributed by atoms with van der Waals surface area (Å²) in [5.74, 6) is 0. The van der Waals surface area contributed by atoms with Gasteiger partial charge in [0.05, 0.1) is 20.6 Å². The summed E-state index contributed by atoms with van der Waals surface area (Å²) >= 11 is 0. The van der Waals surface area contributed by atoms with Crippen molar-refractivity contribution in [2.75, 3.05) is 20.6 Å². The van der Waals surface area contributed by atoms with Gasteiger partial charge in [0.2, 0.25) is 0 Å². The van der Waals surface area contributed by atoms with Gasteiger partial charge in [-0.25, -0.2) is 0 Å². The van der Waals surface area contributed by atoms with E-state index in [1.165, 1.54) is 70.8 Å². The summed E-state index contributed by atoms with van der Waals surface area (Å²) in [5.41, 5.74) is 0. The van der Waals surface area contributed by atoms with E-state index < -0.39 is 0 Å². The van der Waals surface area contributed by atoms with Crippen molar-refractivity contribution in [3.05, 3.63) is 12.7 Å². The van der Waals surface area contributed by atoms with Crippen LogP contribution in [0.15, 0.2) is 12.7 Å². The Hall–Kier alpha value is -0.0100. The van der Waals surface area contributed by atoms with Crippen LogP contribution in [-0.2, 0) is 0 Å². The SMILES string of the molecule is C=CC(C)[N+](C)(C)CCCCCCCCCCCC.[Cl-]. The number of likely N-dealkylation sites (N-methyl/N-ethyl adjacent to an activating group) is 1. The molecule has 0 spiro atoms. The minimum absolute atomic E-state index is 0. The van der Waals surface area contributed by atoms with Gasteiger partial charge in [-0.05, 0) is 25.8 Å². The molecule has 0 heterocycles. The maximum Gasteiger partial charge on any atom is 0.104 e. The van der Waals surface area contributed by atoms with Crippen molar-refractivity contribution in [3.63, 3.8) is 0 Å². The zero-order valence-corrected chi connectivity index (χ0v) is 15.2. The van der Waals surface area contributed by atoms with E-state index in [9.17, 15) is 0 Å². The van der Waals surface area contributed by atoms with Crippen molar-refractivity contribution in [2.24, 2.45) is 0 Å². The Morgan fingerprint density at radius 3 is 1.65 bits per heavy atom. The van der Waals surface area contributed by atoms with Crippen LogP contribution in [0.5, 0.6) is 0 Å². The maximum absolute atomic E-state index is 3.91. The van der Waals surface area contributed by atoms with Crippen molar-refractivity contribution in [3.8, 4) is 0 Å². The summed E-state index contributed by atoms with van der Waals surface area (Å²) in [6, 6.07) is 0.568. The Kier molecular flexibility index (Phi) is 15.5. The van der Waals surface area contributed by atoms with Gasteiger partial charge < -0.3 is 16.9 Å². The Morgan fingerprint density at radius 1 is 0.850 bits per heavy atom. The molecule has 0 aliphatic carbocycles. The second-order valence-electron chi connectivity index (χ2n) is 6.66. The minimum atomic E-state index is 0. The number of nitrogens with zero attached hydrogens (tertiary/aromatic N) is 1. The molecule has 0 aromatic heterocycles. The van der Waals surface area contributed by atoms with Crippen molar-refractivity contribution >= 4 is 0 Å². The topological polar surface area (TPSA) is 0 Å². The van der Waals surface area contributed by atoms with Crippen molar-refractivity contribution in [1.29, 1.82) is 0 Å². The summed E-state index contributed by atoms with van der Waals surface area (Å²) in [7, 11) is 4.64. The summed E-state index contributed by atoms with van der Waals surface area (Å²) in [4.78, 5) is 0. The van der Waals surface area contributed by atoms with Gasteiger partial charge in [0.1, 0.15) is 6.04 Å². The Labute approximate surface area is 134 Å². The van der Waals surface area contributed by atoms with Gasteiger partial charge in [0.25, 0.3) is 0 Å². The summed E-state index contributed by atoms with van der Waals surface area (Å²) in [6.07, 6.45) is 16.3. The zero-order chi connectivity index (χ0) is 14.6. The minimum Gasteiger partial charge on any atom is -1.00 e. The molecule has 1 nitrogen and oxygen atoms in total. The zero-order valence-electron chi connectivity index (χ0n) is 14.5. The first-order valence-corrected chi connectivity index (χ1v) is 8.49. The lowest BCUT2D eigenvalue weighted by atomic mass is 10.1. The van der Waals surface area contributed by atoms with Gasteiger partial charge in [-0.2, -0.15) is 0 Å². The van der Waals surface area contributed by atoms with Crippen LogP contribution < -0.4 is 12.4 Å². The van der Waals surface area contributed by atoms with Gasteiger partial charge in [-0.3, -0.25) is 0 Å². The number of quaternary nitrogens is 1. The monoisotopic (exact) mass is 303 g/mol. The number of hydrogen-bond acceptors (Lipinski definition) is 0. The molecular weight excluding hydrogens is 266 g/mol. The molecule has 2 heteroatoms. The third kappa shape index (κ3) is 11.8. The highest BCUT2D eigenvalue weighted by molar-refractivity contribution is 4.75. The fraction of sp³-hybridized carbons (Fsp3) is 0.889. The molecule has 0 aliphatic rings. The smallest absolute Gasteiger partial charge is 0.104 e. The van der Waals surface area contributed by atoms with Crippen LogP contribution in [0.2, 0.25) is 0 Å². The summed E-state index contributed by atoms with van der Waals surface area (Å²) < 4.78 is 1.08. The van der Waals surface area contributed by atoms with Crippen molar-refractivity contribution in [1.82, 2.24) is 0 Å². The van der Waals surface area contributed by atoms with Gasteiger partial charge in [0.15, 0.2) is 0 Å². The predicted molar refractivity (Wildman–Crippen MR) is 88.5 cm³/mol. The van der Waals surface area contributed by atoms with E-state index in [-0.39, 0.29) is 12.4 Å². The van der Waals surface area contributed by atoms with Crippen LogP contribution in [0, 0.1) is 0 Å². The Bertz CT molecular complexity index is 213. The third-order valence-electron chi connectivity index (χ3n) is 4.53. The van der Waals surface area contributed by atoms with Crippen LogP contribution in [0.25, 0.3) is 0 Å². The molecule has 122 valence electrons. The lowest BCUT2D eigenvalue weighted by Gasteiger charge is -2.34. The van der Waals surface area contributed by atoms with E-state index in [1.807, 2.05) is 0 Å². The standard InChI is InChI=1S/C18H38N.ClH/c1-6-8-9-10-11-12-13-14-15-16-17-19(4,5)18(3)7-2;/h7,18H,2,6,8-17H2,1,3-5H3;1H/q+1;/p-1. The first kappa shape index (κ1) is 22.3. The molecule has 0 saturated heterocycles. The van der Waals surface area contributed by atoms with Crippen LogP contribution in [0.1, 0.15) is 78.1 Å². The molecule has 0 radical (unpaired) electrons. The quantitative estimate of drug-likeness (QED) is 0.279. The van der Waals surface area contributed by atoms with Gasteiger partial charge in [-0.1, -0.05) is 64.9 Å². The second-order valence-corrected chi connectivity index (χ2v) is 6.66. The average molecular weight is 304 g/mol. The van der Waals surface area contributed by atoms with E-state index in [2.05, 4.69) is 40.6 Å². The van der Waals surface area contributed by atoms with Crippen LogP contribution in [0.4, 0.5) is 0 Å². The predicted octanol–water partition coefficient (Wildman–Crippen LogP) is 2.56. The largest absolute Gasteiger partial charge is 1.00 e. The molecule has 0 saturated carbocycles. The molecule has 0 aromatic rings. The number of rotatable bonds is 13. The van der Waals surface area contributed by atoms with Gasteiger partial charge in [-0.15, -0.1) is 0 Å². The van der Waals surface area contributed by atoms with Crippen LogP contribution in [-0.4, -0.2) is 31.2 Å². The molecule has 1 atom stereocenters. The number of halogens is 1. The van der Waals surface area contributed by atoms with E-state index in [1.54, 1.807) is 0 Å². The molecule has 1 unspecified atom stereocenters. The van der Waals surface area contributed by atoms with Crippen LogP contribution in [0.3, 0.4) is 0 Å². The van der Waals surface area contributed by atoms with E-state index in [0.717, 1.165) is 4.48 Å². The molecule has 20 heavy (non-hydrogen) atoms. The van der Waals surface area contributed by atoms with Crippen molar-refractivity contribution < 1.29 is 16.9 Å². The highest BCUT2D eigenvalue weighted by atomic mass is 35.5. The highest BCUT2D eigenvalue weighted by Gasteiger charge is 2.19. The molecule has 0 fully saturated rings. The van der Waals surface area contributed by atoms with E-state index in [4.69, 9.17) is 0 Å². The summed E-state index contributed by atoms with van der Waals surface area (Å²) in [5, 5.41) is 0. The maximum atomic E-state index is 3.91. The molecule has 0 aromatic carbocycles. The molecular formula is C18H38ClN. The van der Waals surface area contributed by atoms with Gasteiger partial charge >= 0.3 is 0 Å².